The predicted octanol–water partition coefficient (Wildman–Crippen LogP) is 3.06. The maximum absolute atomic E-state index is 13.0. The average molecular weight is 209 g/mol. The van der Waals surface area contributed by atoms with Crippen LogP contribution in [0.3, 0.4) is 0 Å². The first-order chi connectivity index (χ1) is 7.13. The van der Waals surface area contributed by atoms with E-state index in [9.17, 15) is 4.39 Å². The Morgan fingerprint density at radius 2 is 2.13 bits per heavy atom. The summed E-state index contributed by atoms with van der Waals surface area (Å²) in [6, 6.07) is 5.90. The van der Waals surface area contributed by atoms with E-state index in [2.05, 4.69) is 19.2 Å². The van der Waals surface area contributed by atoms with Gasteiger partial charge in [0.2, 0.25) is 0 Å². The van der Waals surface area contributed by atoms with Crippen LogP contribution in [0.4, 0.5) is 4.39 Å². The zero-order valence-electron chi connectivity index (χ0n) is 9.81. The van der Waals surface area contributed by atoms with Crippen LogP contribution in [0.1, 0.15) is 31.4 Å². The number of aryl methyl sites for hydroxylation is 2. The number of halogens is 1. The summed E-state index contributed by atoms with van der Waals surface area (Å²) in [4.78, 5) is 0. The van der Waals surface area contributed by atoms with Crippen LogP contribution >= 0.6 is 0 Å². The van der Waals surface area contributed by atoms with E-state index in [-0.39, 0.29) is 5.82 Å². The molecule has 2 heteroatoms. The number of benzene rings is 1. The Balaban J connectivity index is 2.47. The largest absolute Gasteiger partial charge is 0.315 e. The third-order valence-electron chi connectivity index (χ3n) is 2.64. The lowest BCUT2D eigenvalue weighted by Crippen LogP contribution is -2.25. The molecule has 1 nitrogen and oxygen atoms in total. The molecule has 84 valence electrons. The lowest BCUT2D eigenvalue weighted by atomic mass is 10.0. The highest BCUT2D eigenvalue weighted by Crippen LogP contribution is 2.11. The van der Waals surface area contributed by atoms with Crippen LogP contribution in [-0.2, 0) is 6.42 Å². The highest BCUT2D eigenvalue weighted by Gasteiger charge is 2.02. The van der Waals surface area contributed by atoms with E-state index in [4.69, 9.17) is 0 Å². The van der Waals surface area contributed by atoms with Crippen molar-refractivity contribution in [2.75, 3.05) is 6.54 Å². The van der Waals surface area contributed by atoms with E-state index in [1.165, 1.54) is 5.56 Å². The monoisotopic (exact) mass is 209 g/mol. The third-order valence-corrected chi connectivity index (χ3v) is 2.64. The minimum atomic E-state index is -0.113. The van der Waals surface area contributed by atoms with E-state index in [0.717, 1.165) is 24.9 Å². The van der Waals surface area contributed by atoms with Crippen LogP contribution in [0.2, 0.25) is 0 Å². The molecule has 0 aliphatic carbocycles. The van der Waals surface area contributed by atoms with Crippen molar-refractivity contribution in [3.63, 3.8) is 0 Å². The van der Waals surface area contributed by atoms with Crippen molar-refractivity contribution in [2.24, 2.45) is 0 Å². The Morgan fingerprint density at radius 3 is 2.73 bits per heavy atom. The highest BCUT2D eigenvalue weighted by atomic mass is 19.1. The first-order valence-corrected chi connectivity index (χ1v) is 5.62. The maximum Gasteiger partial charge on any atom is 0.126 e. The van der Waals surface area contributed by atoms with Crippen LogP contribution in [0.15, 0.2) is 18.2 Å². The second-order valence-electron chi connectivity index (χ2n) is 4.08. The molecule has 1 aromatic rings. The summed E-state index contributed by atoms with van der Waals surface area (Å²) in [6.07, 6.45) is 2.11. The fourth-order valence-electron chi connectivity index (χ4n) is 1.70. The summed E-state index contributed by atoms with van der Waals surface area (Å²) in [5, 5.41) is 3.37. The number of rotatable bonds is 5. The molecule has 0 aliphatic heterocycles. The van der Waals surface area contributed by atoms with Crippen molar-refractivity contribution in [3.05, 3.63) is 35.1 Å². The van der Waals surface area contributed by atoms with Gasteiger partial charge in [-0.2, -0.15) is 0 Å². The van der Waals surface area contributed by atoms with E-state index >= 15 is 0 Å². The molecule has 0 aliphatic rings. The normalized spacial score (nSPS) is 12.8. The molecule has 1 rings (SSSR count). The Bertz CT molecular complexity index is 309. The Morgan fingerprint density at radius 1 is 1.40 bits per heavy atom. The topological polar surface area (TPSA) is 12.0 Å². The van der Waals surface area contributed by atoms with Gasteiger partial charge in [0.25, 0.3) is 0 Å². The zero-order valence-corrected chi connectivity index (χ0v) is 9.81. The molecule has 1 N–H and O–H groups in total. The molecule has 1 atom stereocenters. The summed E-state index contributed by atoms with van der Waals surface area (Å²) in [5.41, 5.74) is 1.96. The lowest BCUT2D eigenvalue weighted by molar-refractivity contribution is 0.530. The van der Waals surface area contributed by atoms with Gasteiger partial charge in [-0.15, -0.1) is 0 Å². The molecule has 0 fully saturated rings. The summed E-state index contributed by atoms with van der Waals surface area (Å²) >= 11 is 0. The molecule has 0 amide bonds. The molecule has 1 aromatic carbocycles. The Kier molecular flexibility index (Phi) is 4.76. The molecule has 0 aromatic heterocycles. The van der Waals surface area contributed by atoms with Gasteiger partial charge in [-0.05, 0) is 50.4 Å². The van der Waals surface area contributed by atoms with Crippen molar-refractivity contribution >= 4 is 0 Å². The molecule has 0 heterocycles. The lowest BCUT2D eigenvalue weighted by Gasteiger charge is -2.12. The molecule has 15 heavy (non-hydrogen) atoms. The smallest absolute Gasteiger partial charge is 0.126 e. The second-order valence-corrected chi connectivity index (χ2v) is 4.08. The molecule has 0 spiro atoms. The van der Waals surface area contributed by atoms with Gasteiger partial charge in [-0.25, -0.2) is 4.39 Å². The first-order valence-electron chi connectivity index (χ1n) is 5.62. The SMILES string of the molecule is CCNC(C)CCc1ccc(F)c(C)c1. The summed E-state index contributed by atoms with van der Waals surface area (Å²) in [5.74, 6) is -0.113. The molecular weight excluding hydrogens is 189 g/mol. The van der Waals surface area contributed by atoms with Gasteiger partial charge in [-0.1, -0.05) is 19.1 Å². The first kappa shape index (κ1) is 12.2. The predicted molar refractivity (Wildman–Crippen MR) is 62.6 cm³/mol. The van der Waals surface area contributed by atoms with Crippen molar-refractivity contribution in [1.82, 2.24) is 5.32 Å². The van der Waals surface area contributed by atoms with Gasteiger partial charge in [0.05, 0.1) is 0 Å². The molecule has 0 saturated carbocycles. The number of hydrogen-bond donors (Lipinski definition) is 1. The molecule has 0 saturated heterocycles. The van der Waals surface area contributed by atoms with Gasteiger partial charge in [-0.3, -0.25) is 0 Å². The van der Waals surface area contributed by atoms with Crippen LogP contribution in [0.5, 0.6) is 0 Å². The molecule has 0 radical (unpaired) electrons. The van der Waals surface area contributed by atoms with Crippen molar-refractivity contribution in [1.29, 1.82) is 0 Å². The van der Waals surface area contributed by atoms with Crippen molar-refractivity contribution in [3.8, 4) is 0 Å². The van der Waals surface area contributed by atoms with E-state index in [1.54, 1.807) is 6.07 Å². The highest BCUT2D eigenvalue weighted by molar-refractivity contribution is 5.24. The van der Waals surface area contributed by atoms with Crippen LogP contribution in [0, 0.1) is 12.7 Å². The summed E-state index contributed by atoms with van der Waals surface area (Å²) in [7, 11) is 0. The third kappa shape index (κ3) is 4.00. The van der Waals surface area contributed by atoms with Crippen LogP contribution in [-0.4, -0.2) is 12.6 Å². The fourth-order valence-corrected chi connectivity index (χ4v) is 1.70. The van der Waals surface area contributed by atoms with Gasteiger partial charge >= 0.3 is 0 Å². The van der Waals surface area contributed by atoms with Crippen LogP contribution < -0.4 is 5.32 Å². The minimum absolute atomic E-state index is 0.113. The average Bonchev–Trinajstić information content (AvgIpc) is 2.20. The molecule has 1 unspecified atom stereocenters. The van der Waals surface area contributed by atoms with E-state index in [1.807, 2.05) is 19.1 Å². The van der Waals surface area contributed by atoms with Gasteiger partial charge in [0.1, 0.15) is 5.82 Å². The van der Waals surface area contributed by atoms with Gasteiger partial charge in [0.15, 0.2) is 0 Å². The minimum Gasteiger partial charge on any atom is -0.315 e. The van der Waals surface area contributed by atoms with Crippen molar-refractivity contribution in [2.45, 2.75) is 39.7 Å². The van der Waals surface area contributed by atoms with E-state index < -0.39 is 0 Å². The molecule has 0 bridgehead atoms. The van der Waals surface area contributed by atoms with Gasteiger partial charge < -0.3 is 5.32 Å². The van der Waals surface area contributed by atoms with Gasteiger partial charge in [0, 0.05) is 6.04 Å². The van der Waals surface area contributed by atoms with Crippen molar-refractivity contribution < 1.29 is 4.39 Å². The fraction of sp³-hybridized carbons (Fsp3) is 0.538. The Labute approximate surface area is 91.7 Å². The zero-order chi connectivity index (χ0) is 11.3. The van der Waals surface area contributed by atoms with Crippen LogP contribution in [0.25, 0.3) is 0 Å². The maximum atomic E-state index is 13.0. The molecular formula is C13H20FN. The standard InChI is InChI=1S/C13H20FN/c1-4-15-11(3)5-6-12-7-8-13(14)10(2)9-12/h7-9,11,15H,4-6H2,1-3H3. The Hall–Kier alpha value is -0.890. The number of hydrogen-bond acceptors (Lipinski definition) is 1. The summed E-state index contributed by atoms with van der Waals surface area (Å²) < 4.78 is 13.0. The quantitative estimate of drug-likeness (QED) is 0.786. The number of nitrogens with one attached hydrogen (secondary N) is 1. The second kappa shape index (κ2) is 5.86. The van der Waals surface area contributed by atoms with E-state index in [0.29, 0.717) is 6.04 Å². The summed E-state index contributed by atoms with van der Waals surface area (Å²) in [6.45, 7) is 7.11.